The predicted octanol–water partition coefficient (Wildman–Crippen LogP) is 4.13. The number of nitrogens with zero attached hydrogens (tertiary/aromatic N) is 2. The molecule has 0 N–H and O–H groups in total. The molecule has 0 aliphatic rings. The van der Waals surface area contributed by atoms with Crippen LogP contribution in [0.5, 0.6) is 17.4 Å². The zero-order valence-corrected chi connectivity index (χ0v) is 16.3. The maximum Gasteiger partial charge on any atom is 0.337 e. The number of esters is 1. The molecular formula is C22H22N2O4. The lowest BCUT2D eigenvalue weighted by molar-refractivity contribution is -0.129. The third-order valence-corrected chi connectivity index (χ3v) is 4.11. The van der Waals surface area contributed by atoms with Gasteiger partial charge in [0.05, 0.1) is 25.6 Å². The topological polar surface area (TPSA) is 62.6 Å². The summed E-state index contributed by atoms with van der Waals surface area (Å²) in [6.45, 7) is 3.86. The lowest BCUT2D eigenvalue weighted by atomic mass is 10.1. The first-order chi connectivity index (χ1) is 13.5. The van der Waals surface area contributed by atoms with Crippen LogP contribution in [0.15, 0.2) is 54.6 Å². The molecule has 0 saturated carbocycles. The molecule has 0 radical (unpaired) electrons. The van der Waals surface area contributed by atoms with Crippen LogP contribution in [0.3, 0.4) is 0 Å². The van der Waals surface area contributed by atoms with Gasteiger partial charge < -0.3 is 14.2 Å². The van der Waals surface area contributed by atoms with Crippen molar-refractivity contribution in [2.45, 2.75) is 13.8 Å². The van der Waals surface area contributed by atoms with Gasteiger partial charge in [0.25, 0.3) is 0 Å². The molecular weight excluding hydrogens is 356 g/mol. The Kier molecular flexibility index (Phi) is 5.79. The third kappa shape index (κ3) is 4.23. The summed E-state index contributed by atoms with van der Waals surface area (Å²) in [6.07, 6.45) is 2.97. The molecule has 3 aromatic rings. The lowest BCUT2D eigenvalue weighted by Gasteiger charge is -2.10. The second kappa shape index (κ2) is 8.43. The largest absolute Gasteiger partial charge is 0.493 e. The van der Waals surface area contributed by atoms with E-state index in [2.05, 4.69) is 5.10 Å². The molecule has 2 aromatic carbocycles. The number of para-hydroxylation sites is 1. The van der Waals surface area contributed by atoms with E-state index in [9.17, 15) is 4.79 Å². The molecule has 0 aliphatic carbocycles. The molecule has 6 nitrogen and oxygen atoms in total. The summed E-state index contributed by atoms with van der Waals surface area (Å²) in [5.74, 6) is 0.979. The minimum Gasteiger partial charge on any atom is -0.493 e. The smallest absolute Gasteiger partial charge is 0.337 e. The van der Waals surface area contributed by atoms with Crippen molar-refractivity contribution in [1.29, 1.82) is 0 Å². The van der Waals surface area contributed by atoms with Crippen LogP contribution < -0.4 is 14.2 Å². The number of carbonyl (C=O) groups excluding carboxylic acids is 1. The molecule has 3 rings (SSSR count). The summed E-state index contributed by atoms with van der Waals surface area (Å²) >= 11 is 0. The summed E-state index contributed by atoms with van der Waals surface area (Å²) in [5.41, 5.74) is 3.42. The number of rotatable bonds is 6. The van der Waals surface area contributed by atoms with Gasteiger partial charge in [-0.1, -0.05) is 29.8 Å². The van der Waals surface area contributed by atoms with E-state index < -0.39 is 5.97 Å². The van der Waals surface area contributed by atoms with E-state index in [1.165, 1.54) is 6.08 Å². The van der Waals surface area contributed by atoms with Crippen molar-refractivity contribution in [2.75, 3.05) is 14.2 Å². The van der Waals surface area contributed by atoms with Gasteiger partial charge in [-0.05, 0) is 38.1 Å². The molecule has 6 heteroatoms. The highest BCUT2D eigenvalue weighted by Crippen LogP contribution is 2.31. The average molecular weight is 378 g/mol. The number of carbonyl (C=O) groups is 1. The van der Waals surface area contributed by atoms with Gasteiger partial charge in [-0.15, -0.1) is 0 Å². The standard InChI is InChI=1S/C22H22N2O4/c1-15-8-11-18(12-9-15)24-20(14-16(2)23-24)28-21(25)13-10-17-6-5-7-19(26-3)22(17)27-4/h5-14H,1-4H3/b13-10+. The zero-order chi connectivity index (χ0) is 20.1. The predicted molar refractivity (Wildman–Crippen MR) is 107 cm³/mol. The van der Waals surface area contributed by atoms with E-state index in [0.29, 0.717) is 22.9 Å². The van der Waals surface area contributed by atoms with Gasteiger partial charge in [0.2, 0.25) is 5.88 Å². The van der Waals surface area contributed by atoms with E-state index in [1.807, 2.05) is 50.2 Å². The molecule has 0 atom stereocenters. The maximum atomic E-state index is 12.4. The van der Waals surface area contributed by atoms with Crippen LogP contribution in [0.25, 0.3) is 11.8 Å². The number of benzene rings is 2. The first kappa shape index (κ1) is 19.2. The number of aryl methyl sites for hydroxylation is 2. The summed E-state index contributed by atoms with van der Waals surface area (Å²) in [5, 5.41) is 4.41. The molecule has 0 saturated heterocycles. The Hall–Kier alpha value is -3.54. The molecule has 0 fully saturated rings. The van der Waals surface area contributed by atoms with Crippen molar-refractivity contribution < 1.29 is 19.0 Å². The quantitative estimate of drug-likeness (QED) is 0.477. The highest BCUT2D eigenvalue weighted by atomic mass is 16.5. The molecule has 144 valence electrons. The van der Waals surface area contributed by atoms with Crippen molar-refractivity contribution in [3.63, 3.8) is 0 Å². The molecule has 1 heterocycles. The Labute approximate surface area is 164 Å². The van der Waals surface area contributed by atoms with Crippen LogP contribution in [0, 0.1) is 13.8 Å². The average Bonchev–Trinajstić information content (AvgIpc) is 3.06. The summed E-state index contributed by atoms with van der Waals surface area (Å²) in [6, 6.07) is 15.0. The molecule has 0 unspecified atom stereocenters. The van der Waals surface area contributed by atoms with E-state index in [-0.39, 0.29) is 0 Å². The van der Waals surface area contributed by atoms with Crippen LogP contribution in [-0.2, 0) is 4.79 Å². The van der Waals surface area contributed by atoms with Gasteiger partial charge >= 0.3 is 5.97 Å². The third-order valence-electron chi connectivity index (χ3n) is 4.11. The Bertz CT molecular complexity index is 1000. The first-order valence-electron chi connectivity index (χ1n) is 8.76. The summed E-state index contributed by atoms with van der Waals surface area (Å²) < 4.78 is 17.7. The fourth-order valence-electron chi connectivity index (χ4n) is 2.76. The van der Waals surface area contributed by atoms with E-state index in [0.717, 1.165) is 16.9 Å². The SMILES string of the molecule is COc1cccc(/C=C/C(=O)Oc2cc(C)nn2-c2ccc(C)cc2)c1OC. The Morgan fingerprint density at radius 2 is 1.79 bits per heavy atom. The van der Waals surface area contributed by atoms with Gasteiger partial charge in [0.15, 0.2) is 11.5 Å². The van der Waals surface area contributed by atoms with Crippen LogP contribution >= 0.6 is 0 Å². The fraction of sp³-hybridized carbons (Fsp3) is 0.182. The van der Waals surface area contributed by atoms with Gasteiger partial charge in [0, 0.05) is 17.7 Å². The highest BCUT2D eigenvalue weighted by Gasteiger charge is 2.12. The fourth-order valence-corrected chi connectivity index (χ4v) is 2.76. The first-order valence-corrected chi connectivity index (χ1v) is 8.76. The van der Waals surface area contributed by atoms with Crippen molar-refractivity contribution in [3.8, 4) is 23.1 Å². The number of ether oxygens (including phenoxy) is 3. The normalized spacial score (nSPS) is 10.9. The number of methoxy groups -OCH3 is 2. The van der Waals surface area contributed by atoms with Gasteiger partial charge in [-0.3, -0.25) is 0 Å². The molecule has 28 heavy (non-hydrogen) atoms. The minimum absolute atomic E-state index is 0.355. The van der Waals surface area contributed by atoms with E-state index in [4.69, 9.17) is 14.2 Å². The highest BCUT2D eigenvalue weighted by molar-refractivity contribution is 5.89. The van der Waals surface area contributed by atoms with Crippen molar-refractivity contribution in [1.82, 2.24) is 9.78 Å². The van der Waals surface area contributed by atoms with Gasteiger partial charge in [-0.2, -0.15) is 5.10 Å². The number of hydrogen-bond donors (Lipinski definition) is 0. The summed E-state index contributed by atoms with van der Waals surface area (Å²) in [4.78, 5) is 12.4. The van der Waals surface area contributed by atoms with Crippen LogP contribution in [0.2, 0.25) is 0 Å². The second-order valence-electron chi connectivity index (χ2n) is 6.21. The zero-order valence-electron chi connectivity index (χ0n) is 16.3. The molecule has 0 bridgehead atoms. The molecule has 0 amide bonds. The Morgan fingerprint density at radius 1 is 1.04 bits per heavy atom. The molecule has 1 aromatic heterocycles. The second-order valence-corrected chi connectivity index (χ2v) is 6.21. The van der Waals surface area contributed by atoms with Crippen molar-refractivity contribution in [2.24, 2.45) is 0 Å². The minimum atomic E-state index is -0.516. The molecule has 0 aliphatic heterocycles. The Balaban J connectivity index is 1.81. The van der Waals surface area contributed by atoms with Crippen LogP contribution in [0.1, 0.15) is 16.8 Å². The van der Waals surface area contributed by atoms with Crippen molar-refractivity contribution >= 4 is 12.0 Å². The number of aromatic nitrogens is 2. The van der Waals surface area contributed by atoms with E-state index >= 15 is 0 Å². The molecule has 0 spiro atoms. The monoisotopic (exact) mass is 378 g/mol. The van der Waals surface area contributed by atoms with Gasteiger partial charge in [0.1, 0.15) is 0 Å². The van der Waals surface area contributed by atoms with Crippen LogP contribution in [-0.4, -0.2) is 30.0 Å². The lowest BCUT2D eigenvalue weighted by Crippen LogP contribution is -2.08. The van der Waals surface area contributed by atoms with Gasteiger partial charge in [-0.25, -0.2) is 9.48 Å². The van der Waals surface area contributed by atoms with Crippen molar-refractivity contribution in [3.05, 3.63) is 71.4 Å². The number of hydrogen-bond acceptors (Lipinski definition) is 5. The van der Waals surface area contributed by atoms with Crippen LogP contribution in [0.4, 0.5) is 0 Å². The van der Waals surface area contributed by atoms with E-state index in [1.54, 1.807) is 37.1 Å². The maximum absolute atomic E-state index is 12.4. The summed E-state index contributed by atoms with van der Waals surface area (Å²) in [7, 11) is 3.12. The Morgan fingerprint density at radius 3 is 2.46 bits per heavy atom.